The van der Waals surface area contributed by atoms with Gasteiger partial charge in [0.05, 0.1) is 6.20 Å². The van der Waals surface area contributed by atoms with E-state index in [2.05, 4.69) is 54.3 Å². The highest BCUT2D eigenvalue weighted by Gasteiger charge is 2.05. The largest absolute Gasteiger partial charge is 0.303 e. The molecule has 0 aliphatic heterocycles. The van der Waals surface area contributed by atoms with Crippen LogP contribution >= 0.6 is 0 Å². The first-order valence-electron chi connectivity index (χ1n) is 8.03. The zero-order chi connectivity index (χ0) is 15.1. The fourth-order valence-electron chi connectivity index (χ4n) is 2.73. The molecule has 0 spiro atoms. The fourth-order valence-corrected chi connectivity index (χ4v) is 2.73. The Labute approximate surface area is 128 Å². The van der Waals surface area contributed by atoms with Gasteiger partial charge in [-0.2, -0.15) is 5.10 Å². The van der Waals surface area contributed by atoms with Crippen LogP contribution in [0.1, 0.15) is 32.3 Å². The third-order valence-corrected chi connectivity index (χ3v) is 3.76. The minimum Gasteiger partial charge on any atom is -0.303 e. The van der Waals surface area contributed by atoms with Crippen molar-refractivity contribution >= 4 is 0 Å². The summed E-state index contributed by atoms with van der Waals surface area (Å²) >= 11 is 0. The molecule has 1 aromatic heterocycles. The first-order valence-corrected chi connectivity index (χ1v) is 8.03. The first-order chi connectivity index (χ1) is 10.2. The van der Waals surface area contributed by atoms with E-state index in [0.717, 1.165) is 13.0 Å². The average Bonchev–Trinajstić information content (AvgIpc) is 2.92. The van der Waals surface area contributed by atoms with Gasteiger partial charge in [-0.25, -0.2) is 0 Å². The van der Waals surface area contributed by atoms with Crippen LogP contribution in [0.3, 0.4) is 0 Å². The van der Waals surface area contributed by atoms with Crippen molar-refractivity contribution < 1.29 is 0 Å². The molecule has 0 unspecified atom stereocenters. The third-order valence-electron chi connectivity index (χ3n) is 3.76. The van der Waals surface area contributed by atoms with Crippen molar-refractivity contribution in [3.63, 3.8) is 0 Å². The van der Waals surface area contributed by atoms with Crippen LogP contribution in [0.2, 0.25) is 0 Å². The van der Waals surface area contributed by atoms with E-state index in [1.165, 1.54) is 42.6 Å². The van der Waals surface area contributed by atoms with Gasteiger partial charge in [0.15, 0.2) is 0 Å². The molecule has 0 aliphatic carbocycles. The molecule has 21 heavy (non-hydrogen) atoms. The Morgan fingerprint density at radius 3 is 2.43 bits per heavy atom. The summed E-state index contributed by atoms with van der Waals surface area (Å²) in [6, 6.07) is 8.85. The Kier molecular flexibility index (Phi) is 6.00. The molecule has 0 saturated heterocycles. The summed E-state index contributed by atoms with van der Waals surface area (Å²) in [4.78, 5) is 2.57. The second kappa shape index (κ2) is 7.99. The molecule has 0 fully saturated rings. The maximum atomic E-state index is 4.25. The normalized spacial score (nSPS) is 11.2. The van der Waals surface area contributed by atoms with Crippen molar-refractivity contribution in [2.24, 2.45) is 7.05 Å². The molecule has 0 saturated carbocycles. The van der Waals surface area contributed by atoms with Gasteiger partial charge in [0.25, 0.3) is 0 Å². The monoisotopic (exact) mass is 285 g/mol. The van der Waals surface area contributed by atoms with Crippen LogP contribution in [0, 0.1) is 0 Å². The van der Waals surface area contributed by atoms with Crippen LogP contribution in [0.4, 0.5) is 0 Å². The van der Waals surface area contributed by atoms with Crippen LogP contribution < -0.4 is 0 Å². The van der Waals surface area contributed by atoms with Gasteiger partial charge in [-0.05, 0) is 43.5 Å². The second-order valence-electron chi connectivity index (χ2n) is 5.69. The smallest absolute Gasteiger partial charge is 0.0568 e. The van der Waals surface area contributed by atoms with Gasteiger partial charge < -0.3 is 4.90 Å². The van der Waals surface area contributed by atoms with Crippen LogP contribution in [-0.4, -0.2) is 34.3 Å². The highest BCUT2D eigenvalue weighted by atomic mass is 15.2. The summed E-state index contributed by atoms with van der Waals surface area (Å²) in [5.74, 6) is 0. The Hall–Kier alpha value is -1.61. The maximum absolute atomic E-state index is 4.25. The van der Waals surface area contributed by atoms with Crippen LogP contribution in [0.25, 0.3) is 11.1 Å². The van der Waals surface area contributed by atoms with Gasteiger partial charge in [-0.1, -0.05) is 38.1 Å². The molecule has 2 rings (SSSR count). The number of aryl methyl sites for hydroxylation is 1. The lowest BCUT2D eigenvalue weighted by Gasteiger charge is -2.20. The van der Waals surface area contributed by atoms with Crippen molar-refractivity contribution in [2.45, 2.75) is 33.1 Å². The summed E-state index contributed by atoms with van der Waals surface area (Å²) < 4.78 is 1.85. The summed E-state index contributed by atoms with van der Waals surface area (Å²) in [7, 11) is 1.96. The van der Waals surface area contributed by atoms with Gasteiger partial charge in [0.2, 0.25) is 0 Å². The number of nitrogens with zero attached hydrogens (tertiary/aromatic N) is 3. The van der Waals surface area contributed by atoms with Gasteiger partial charge in [-0.3, -0.25) is 4.68 Å². The van der Waals surface area contributed by atoms with Crippen molar-refractivity contribution in [1.82, 2.24) is 14.7 Å². The molecule has 0 aliphatic rings. The van der Waals surface area contributed by atoms with Crippen LogP contribution in [-0.2, 0) is 13.5 Å². The van der Waals surface area contributed by atoms with E-state index in [0.29, 0.717) is 0 Å². The van der Waals surface area contributed by atoms with E-state index < -0.39 is 0 Å². The number of hydrogen-bond donors (Lipinski definition) is 0. The molecule has 3 heteroatoms. The van der Waals surface area contributed by atoms with Crippen molar-refractivity contribution in [2.75, 3.05) is 19.6 Å². The number of benzene rings is 1. The Bertz CT molecular complexity index is 539. The van der Waals surface area contributed by atoms with E-state index >= 15 is 0 Å². The Balaban J connectivity index is 2.00. The molecule has 1 aromatic carbocycles. The SMILES string of the molecule is CCCN(CCC)CCc1cccc(-c2cnn(C)c2)c1. The molecule has 114 valence electrons. The van der Waals surface area contributed by atoms with Crippen molar-refractivity contribution in [1.29, 1.82) is 0 Å². The van der Waals surface area contributed by atoms with E-state index in [4.69, 9.17) is 0 Å². The van der Waals surface area contributed by atoms with Crippen LogP contribution in [0.15, 0.2) is 36.7 Å². The van der Waals surface area contributed by atoms with Crippen molar-refractivity contribution in [3.8, 4) is 11.1 Å². The lowest BCUT2D eigenvalue weighted by molar-refractivity contribution is 0.278. The Morgan fingerprint density at radius 2 is 1.81 bits per heavy atom. The average molecular weight is 285 g/mol. The highest BCUT2D eigenvalue weighted by molar-refractivity contribution is 5.62. The first kappa shape index (κ1) is 15.8. The number of rotatable bonds is 8. The van der Waals surface area contributed by atoms with Gasteiger partial charge in [0.1, 0.15) is 0 Å². The predicted octanol–water partition coefficient (Wildman–Crippen LogP) is 3.75. The lowest BCUT2D eigenvalue weighted by atomic mass is 10.0. The van der Waals surface area contributed by atoms with Crippen LogP contribution in [0.5, 0.6) is 0 Å². The topological polar surface area (TPSA) is 21.1 Å². The minimum atomic E-state index is 1.12. The van der Waals surface area contributed by atoms with E-state index in [-0.39, 0.29) is 0 Å². The predicted molar refractivity (Wildman–Crippen MR) is 89.4 cm³/mol. The second-order valence-corrected chi connectivity index (χ2v) is 5.69. The molecular weight excluding hydrogens is 258 g/mol. The zero-order valence-electron chi connectivity index (χ0n) is 13.5. The number of aromatic nitrogens is 2. The molecule has 0 radical (unpaired) electrons. The molecule has 1 heterocycles. The molecule has 3 nitrogen and oxygen atoms in total. The standard InChI is InChI=1S/C18H27N3/c1-4-10-21(11-5-2)12-9-16-7-6-8-17(13-16)18-14-19-20(3)15-18/h6-8,13-15H,4-5,9-12H2,1-3H3. The molecule has 0 amide bonds. The molecular formula is C18H27N3. The summed E-state index contributed by atoms with van der Waals surface area (Å²) in [5, 5.41) is 4.25. The van der Waals surface area contributed by atoms with Gasteiger partial charge in [-0.15, -0.1) is 0 Å². The van der Waals surface area contributed by atoms with E-state index in [1.54, 1.807) is 0 Å². The summed E-state index contributed by atoms with van der Waals surface area (Å²) in [6.07, 6.45) is 7.58. The quantitative estimate of drug-likeness (QED) is 0.736. The Morgan fingerprint density at radius 1 is 1.05 bits per heavy atom. The molecule has 0 N–H and O–H groups in total. The summed E-state index contributed by atoms with van der Waals surface area (Å²) in [5.41, 5.74) is 3.87. The molecule has 0 atom stereocenters. The summed E-state index contributed by atoms with van der Waals surface area (Å²) in [6.45, 7) is 8.07. The van der Waals surface area contributed by atoms with E-state index in [1.807, 2.05) is 17.9 Å². The number of hydrogen-bond acceptors (Lipinski definition) is 2. The third kappa shape index (κ3) is 4.71. The van der Waals surface area contributed by atoms with Crippen molar-refractivity contribution in [3.05, 3.63) is 42.2 Å². The zero-order valence-corrected chi connectivity index (χ0v) is 13.5. The minimum absolute atomic E-state index is 1.12. The maximum Gasteiger partial charge on any atom is 0.0568 e. The highest BCUT2D eigenvalue weighted by Crippen LogP contribution is 2.19. The lowest BCUT2D eigenvalue weighted by Crippen LogP contribution is -2.27. The van der Waals surface area contributed by atoms with Gasteiger partial charge in [0, 0.05) is 25.4 Å². The molecule has 2 aromatic rings. The van der Waals surface area contributed by atoms with Gasteiger partial charge >= 0.3 is 0 Å². The van der Waals surface area contributed by atoms with E-state index in [9.17, 15) is 0 Å². The fraction of sp³-hybridized carbons (Fsp3) is 0.500. The molecule has 0 bridgehead atoms.